The number of hydrogen-bond acceptors (Lipinski definition) is 5. The van der Waals surface area contributed by atoms with Crippen LogP contribution in [0.2, 0.25) is 0 Å². The van der Waals surface area contributed by atoms with Crippen molar-refractivity contribution in [3.8, 4) is 0 Å². The molecule has 2 atom stereocenters. The van der Waals surface area contributed by atoms with E-state index in [0.29, 0.717) is 6.42 Å². The molecule has 0 radical (unpaired) electrons. The summed E-state index contributed by atoms with van der Waals surface area (Å²) in [6.07, 6.45) is 4.43. The maximum atomic E-state index is 12.8. The highest BCUT2D eigenvalue weighted by atomic mass is 32.2. The van der Waals surface area contributed by atoms with Crippen LogP contribution in [0.25, 0.3) is 0 Å². The molecule has 1 aromatic rings. The number of nitrogens with one attached hydrogen (secondary N) is 1. The average Bonchev–Trinajstić information content (AvgIpc) is 2.99. The summed E-state index contributed by atoms with van der Waals surface area (Å²) in [5, 5.41) is 2.71. The predicted molar refractivity (Wildman–Crippen MR) is 97.7 cm³/mol. The van der Waals surface area contributed by atoms with E-state index in [1.807, 2.05) is 4.90 Å². The Bertz CT molecular complexity index is 793. The molecule has 3 rings (SSSR count). The number of carbonyl (C=O) groups excluding carboxylic acids is 2. The number of sulfone groups is 1. The van der Waals surface area contributed by atoms with E-state index in [-0.39, 0.29) is 40.9 Å². The van der Waals surface area contributed by atoms with E-state index in [2.05, 4.69) is 17.2 Å². The highest BCUT2D eigenvalue weighted by Gasteiger charge is 2.30. The van der Waals surface area contributed by atoms with Gasteiger partial charge in [-0.1, -0.05) is 13.0 Å². The fraction of sp³-hybridized carbons (Fsp3) is 0.611. The number of nitrogens with zero attached hydrogens (tertiary/aromatic N) is 2. The Morgan fingerprint density at radius 3 is 2.69 bits per heavy atom. The summed E-state index contributed by atoms with van der Waals surface area (Å²) < 4.78 is 23.0. The smallest absolute Gasteiger partial charge is 0.272 e. The molecule has 3 heterocycles. The summed E-state index contributed by atoms with van der Waals surface area (Å²) in [6, 6.07) is 4.65. The fourth-order valence-corrected chi connectivity index (χ4v) is 5.36. The summed E-state index contributed by atoms with van der Waals surface area (Å²) in [4.78, 5) is 31.3. The Balaban J connectivity index is 1.71. The monoisotopic (exact) mass is 379 g/mol. The number of carbonyl (C=O) groups is 2. The molecule has 26 heavy (non-hydrogen) atoms. The molecular weight excluding hydrogens is 354 g/mol. The van der Waals surface area contributed by atoms with Gasteiger partial charge in [-0.05, 0) is 44.2 Å². The molecule has 1 N–H and O–H groups in total. The van der Waals surface area contributed by atoms with Crippen molar-refractivity contribution in [3.05, 3.63) is 29.6 Å². The molecule has 7 nitrogen and oxygen atoms in total. The zero-order valence-corrected chi connectivity index (χ0v) is 15.8. The number of amides is 2. The molecule has 0 aliphatic carbocycles. The Hall–Kier alpha value is -1.96. The summed E-state index contributed by atoms with van der Waals surface area (Å²) >= 11 is 0. The molecule has 0 bridgehead atoms. The van der Waals surface area contributed by atoms with Gasteiger partial charge in [-0.15, -0.1) is 0 Å². The van der Waals surface area contributed by atoms with E-state index in [1.54, 1.807) is 18.2 Å². The molecule has 2 aliphatic rings. The third-order valence-corrected chi connectivity index (χ3v) is 6.90. The van der Waals surface area contributed by atoms with Gasteiger partial charge < -0.3 is 10.2 Å². The number of hydrogen-bond donors (Lipinski definition) is 1. The zero-order chi connectivity index (χ0) is 18.7. The number of likely N-dealkylation sites (tertiary alicyclic amines) is 1. The van der Waals surface area contributed by atoms with E-state index in [4.69, 9.17) is 0 Å². The minimum Gasteiger partial charge on any atom is -0.347 e. The van der Waals surface area contributed by atoms with Crippen LogP contribution in [0.15, 0.2) is 18.2 Å². The lowest BCUT2D eigenvalue weighted by Gasteiger charge is -2.35. The Morgan fingerprint density at radius 2 is 2.00 bits per heavy atom. The van der Waals surface area contributed by atoms with E-state index >= 15 is 0 Å². The average molecular weight is 379 g/mol. The largest absolute Gasteiger partial charge is 0.347 e. The molecule has 1 aromatic heterocycles. The van der Waals surface area contributed by atoms with Gasteiger partial charge in [-0.2, -0.15) is 0 Å². The Kier molecular flexibility index (Phi) is 5.60. The molecule has 2 amide bonds. The number of piperidine rings is 1. The Labute approximate surface area is 154 Å². The SMILES string of the molecule is CCC1CCCCN1C(=O)c1cccc(C(=O)NC2CCS(=O)(=O)C2)n1. The molecule has 2 fully saturated rings. The van der Waals surface area contributed by atoms with Crippen molar-refractivity contribution in [2.24, 2.45) is 0 Å². The first kappa shape index (κ1) is 18.8. The zero-order valence-electron chi connectivity index (χ0n) is 15.0. The van der Waals surface area contributed by atoms with Crippen LogP contribution in [0.5, 0.6) is 0 Å². The molecule has 8 heteroatoms. The lowest BCUT2D eigenvalue weighted by molar-refractivity contribution is 0.0602. The minimum atomic E-state index is -3.06. The second-order valence-electron chi connectivity index (χ2n) is 7.04. The quantitative estimate of drug-likeness (QED) is 0.853. The molecule has 0 saturated carbocycles. The highest BCUT2D eigenvalue weighted by molar-refractivity contribution is 7.91. The van der Waals surface area contributed by atoms with Gasteiger partial charge in [0.15, 0.2) is 9.84 Å². The minimum absolute atomic E-state index is 0.0384. The molecule has 142 valence electrons. The van der Waals surface area contributed by atoms with Crippen molar-refractivity contribution in [3.63, 3.8) is 0 Å². The van der Waals surface area contributed by atoms with Crippen LogP contribution in [0.1, 0.15) is 60.0 Å². The predicted octanol–water partition coefficient (Wildman–Crippen LogP) is 1.40. The van der Waals surface area contributed by atoms with Crippen LogP contribution in [0.3, 0.4) is 0 Å². The van der Waals surface area contributed by atoms with Crippen molar-refractivity contribution in [1.82, 2.24) is 15.2 Å². The Morgan fingerprint density at radius 1 is 1.23 bits per heavy atom. The van der Waals surface area contributed by atoms with Gasteiger partial charge >= 0.3 is 0 Å². The van der Waals surface area contributed by atoms with Crippen molar-refractivity contribution < 1.29 is 18.0 Å². The van der Waals surface area contributed by atoms with Crippen LogP contribution in [0.4, 0.5) is 0 Å². The van der Waals surface area contributed by atoms with Crippen LogP contribution >= 0.6 is 0 Å². The molecule has 2 unspecified atom stereocenters. The molecule has 2 saturated heterocycles. The maximum absolute atomic E-state index is 12.8. The van der Waals surface area contributed by atoms with E-state index < -0.39 is 15.7 Å². The van der Waals surface area contributed by atoms with Gasteiger partial charge in [0.1, 0.15) is 11.4 Å². The third kappa shape index (κ3) is 4.23. The summed E-state index contributed by atoms with van der Waals surface area (Å²) in [5.74, 6) is -0.525. The van der Waals surface area contributed by atoms with E-state index in [1.165, 1.54) is 0 Å². The highest BCUT2D eigenvalue weighted by Crippen LogP contribution is 2.21. The molecule has 2 aliphatic heterocycles. The number of rotatable bonds is 4. The van der Waals surface area contributed by atoms with Crippen LogP contribution in [0, 0.1) is 0 Å². The van der Waals surface area contributed by atoms with Crippen LogP contribution in [-0.4, -0.2) is 60.3 Å². The molecule has 0 aromatic carbocycles. The lowest BCUT2D eigenvalue weighted by atomic mass is 9.99. The fourth-order valence-electron chi connectivity index (χ4n) is 3.69. The summed E-state index contributed by atoms with van der Waals surface area (Å²) in [7, 11) is -3.06. The van der Waals surface area contributed by atoms with E-state index in [9.17, 15) is 18.0 Å². The van der Waals surface area contributed by atoms with Gasteiger partial charge in [0.05, 0.1) is 11.5 Å². The van der Waals surface area contributed by atoms with Gasteiger partial charge in [0.25, 0.3) is 11.8 Å². The second kappa shape index (κ2) is 7.73. The third-order valence-electron chi connectivity index (χ3n) is 5.13. The first-order valence-corrected chi connectivity index (χ1v) is 11.0. The van der Waals surface area contributed by atoms with Crippen molar-refractivity contribution in [2.75, 3.05) is 18.1 Å². The van der Waals surface area contributed by atoms with Crippen molar-refractivity contribution in [1.29, 1.82) is 0 Å². The van der Waals surface area contributed by atoms with Crippen LogP contribution in [-0.2, 0) is 9.84 Å². The number of aromatic nitrogens is 1. The number of pyridine rings is 1. The van der Waals surface area contributed by atoms with Crippen LogP contribution < -0.4 is 5.32 Å². The lowest BCUT2D eigenvalue weighted by Crippen LogP contribution is -2.44. The normalized spacial score (nSPS) is 25.0. The molecule has 0 spiro atoms. The van der Waals surface area contributed by atoms with Crippen molar-refractivity contribution in [2.45, 2.75) is 51.1 Å². The summed E-state index contributed by atoms with van der Waals surface area (Å²) in [5.41, 5.74) is 0.405. The van der Waals surface area contributed by atoms with Gasteiger partial charge in [0.2, 0.25) is 0 Å². The van der Waals surface area contributed by atoms with Gasteiger partial charge in [-0.3, -0.25) is 9.59 Å². The van der Waals surface area contributed by atoms with Gasteiger partial charge in [0, 0.05) is 18.6 Å². The van der Waals surface area contributed by atoms with Gasteiger partial charge in [-0.25, -0.2) is 13.4 Å². The topological polar surface area (TPSA) is 96.4 Å². The maximum Gasteiger partial charge on any atom is 0.272 e. The molecular formula is C18H25N3O4S. The standard InChI is InChI=1S/C18H25N3O4S/c1-2-14-6-3-4-10-21(14)18(23)16-8-5-7-15(20-16)17(22)19-13-9-11-26(24,25)12-13/h5,7-8,13-14H,2-4,6,9-12H2,1H3,(H,19,22). The first-order valence-electron chi connectivity index (χ1n) is 9.19. The second-order valence-corrected chi connectivity index (χ2v) is 9.27. The van der Waals surface area contributed by atoms with E-state index in [0.717, 1.165) is 32.2 Å². The first-order chi connectivity index (χ1) is 12.4. The van der Waals surface area contributed by atoms with Crippen molar-refractivity contribution >= 4 is 21.7 Å². The summed E-state index contributed by atoms with van der Waals surface area (Å²) in [6.45, 7) is 2.79.